The van der Waals surface area contributed by atoms with Gasteiger partial charge in [-0.1, -0.05) is 29.3 Å². The molecular weight excluding hydrogens is 199 g/mol. The minimum atomic E-state index is -0.311. The molecular formula is C7H6Cl2N2O. The Morgan fingerprint density at radius 2 is 2.42 bits per heavy atom. The van der Waals surface area contributed by atoms with Crippen molar-refractivity contribution in [1.82, 2.24) is 9.55 Å². The second kappa shape index (κ2) is 4.28. The molecule has 1 rings (SSSR count). The summed E-state index contributed by atoms with van der Waals surface area (Å²) < 4.78 is 1.41. The quantitative estimate of drug-likeness (QED) is 0.735. The fourth-order valence-corrected chi connectivity index (χ4v) is 0.962. The zero-order valence-corrected chi connectivity index (χ0v) is 7.59. The highest BCUT2D eigenvalue weighted by molar-refractivity contribution is 6.29. The number of halogens is 2. The van der Waals surface area contributed by atoms with E-state index >= 15 is 0 Å². The van der Waals surface area contributed by atoms with Gasteiger partial charge in [0.15, 0.2) is 5.15 Å². The van der Waals surface area contributed by atoms with Crippen molar-refractivity contribution in [2.75, 3.05) is 0 Å². The van der Waals surface area contributed by atoms with Crippen molar-refractivity contribution in [3.63, 3.8) is 0 Å². The Balaban J connectivity index is 3.00. The third-order valence-electron chi connectivity index (χ3n) is 1.26. The molecule has 0 radical (unpaired) electrons. The van der Waals surface area contributed by atoms with Gasteiger partial charge in [-0.15, -0.1) is 0 Å². The standard InChI is InChI=1S/C7H6Cl2N2O/c8-2-1-4-11-5-3-10-6(9)7(11)12/h1-3,5H,4H2/b2-1+. The predicted octanol–water partition coefficient (Wildman–Crippen LogP) is 1.65. The Labute approximate surface area is 79.3 Å². The van der Waals surface area contributed by atoms with E-state index in [9.17, 15) is 4.79 Å². The maximum absolute atomic E-state index is 11.2. The van der Waals surface area contributed by atoms with E-state index in [1.165, 1.54) is 16.3 Å². The smallest absolute Gasteiger partial charge is 0.288 e. The predicted molar refractivity (Wildman–Crippen MR) is 48.5 cm³/mol. The average Bonchev–Trinajstić information content (AvgIpc) is 2.08. The minimum Gasteiger partial charge on any atom is -0.307 e. The van der Waals surface area contributed by atoms with Gasteiger partial charge in [-0.25, -0.2) is 4.98 Å². The molecule has 1 heterocycles. The normalized spacial score (nSPS) is 10.8. The van der Waals surface area contributed by atoms with E-state index in [1.54, 1.807) is 12.3 Å². The molecule has 12 heavy (non-hydrogen) atoms. The minimum absolute atomic E-state index is 0.0273. The van der Waals surface area contributed by atoms with Crippen LogP contribution in [0.2, 0.25) is 5.15 Å². The highest BCUT2D eigenvalue weighted by Crippen LogP contribution is 1.93. The van der Waals surface area contributed by atoms with Crippen LogP contribution in [-0.4, -0.2) is 9.55 Å². The second-order valence-electron chi connectivity index (χ2n) is 2.04. The first-order valence-corrected chi connectivity index (χ1v) is 4.03. The molecule has 0 aromatic carbocycles. The average molecular weight is 205 g/mol. The van der Waals surface area contributed by atoms with E-state index in [1.807, 2.05) is 0 Å². The molecule has 0 unspecified atom stereocenters. The first-order valence-electron chi connectivity index (χ1n) is 3.22. The summed E-state index contributed by atoms with van der Waals surface area (Å²) >= 11 is 10.8. The number of aromatic nitrogens is 2. The molecule has 0 aliphatic heterocycles. The van der Waals surface area contributed by atoms with Gasteiger partial charge in [-0.3, -0.25) is 4.79 Å². The number of rotatable bonds is 2. The van der Waals surface area contributed by atoms with Crippen LogP contribution >= 0.6 is 23.2 Å². The number of nitrogens with zero attached hydrogens (tertiary/aromatic N) is 2. The lowest BCUT2D eigenvalue weighted by Gasteiger charge is -1.99. The molecule has 5 heteroatoms. The fraction of sp³-hybridized carbons (Fsp3) is 0.143. The molecule has 0 atom stereocenters. The second-order valence-corrected chi connectivity index (χ2v) is 2.65. The van der Waals surface area contributed by atoms with Crippen LogP contribution in [0.3, 0.4) is 0 Å². The van der Waals surface area contributed by atoms with Crippen LogP contribution in [0.25, 0.3) is 0 Å². The summed E-state index contributed by atoms with van der Waals surface area (Å²) in [5.74, 6) is 0. The summed E-state index contributed by atoms with van der Waals surface area (Å²) in [5, 5.41) is -0.0273. The Hall–Kier alpha value is -0.800. The highest BCUT2D eigenvalue weighted by atomic mass is 35.5. The Morgan fingerprint density at radius 3 is 3.08 bits per heavy atom. The zero-order valence-electron chi connectivity index (χ0n) is 6.08. The highest BCUT2D eigenvalue weighted by Gasteiger charge is 1.98. The van der Waals surface area contributed by atoms with E-state index in [2.05, 4.69) is 4.98 Å². The summed E-state index contributed by atoms with van der Waals surface area (Å²) in [4.78, 5) is 14.8. The van der Waals surface area contributed by atoms with Crippen molar-refractivity contribution >= 4 is 23.2 Å². The molecule has 3 nitrogen and oxygen atoms in total. The van der Waals surface area contributed by atoms with E-state index in [4.69, 9.17) is 23.2 Å². The molecule has 0 bridgehead atoms. The summed E-state index contributed by atoms with van der Waals surface area (Å²) in [7, 11) is 0. The molecule has 0 fully saturated rings. The number of hydrogen-bond acceptors (Lipinski definition) is 2. The van der Waals surface area contributed by atoms with E-state index in [-0.39, 0.29) is 10.7 Å². The largest absolute Gasteiger partial charge is 0.307 e. The van der Waals surface area contributed by atoms with Crippen LogP contribution in [0.15, 0.2) is 28.8 Å². The van der Waals surface area contributed by atoms with E-state index in [0.717, 1.165) is 0 Å². The van der Waals surface area contributed by atoms with E-state index < -0.39 is 0 Å². The van der Waals surface area contributed by atoms with Crippen molar-refractivity contribution in [3.8, 4) is 0 Å². The SMILES string of the molecule is O=c1c(Cl)nccn1C/C=C/Cl. The molecule has 0 amide bonds. The monoisotopic (exact) mass is 204 g/mol. The maximum Gasteiger partial charge on any atom is 0.288 e. The molecule has 1 aromatic rings. The summed E-state index contributed by atoms with van der Waals surface area (Å²) in [6, 6.07) is 0. The molecule has 0 saturated heterocycles. The van der Waals surface area contributed by atoms with Gasteiger partial charge in [0.25, 0.3) is 5.56 Å². The fourth-order valence-electron chi connectivity index (χ4n) is 0.718. The van der Waals surface area contributed by atoms with E-state index in [0.29, 0.717) is 6.54 Å². The lowest BCUT2D eigenvalue weighted by Crippen LogP contribution is -2.19. The van der Waals surface area contributed by atoms with Crippen LogP contribution in [-0.2, 0) is 6.54 Å². The van der Waals surface area contributed by atoms with Gasteiger partial charge in [0.2, 0.25) is 0 Å². The molecule has 1 aromatic heterocycles. The molecule has 0 spiro atoms. The van der Waals surface area contributed by atoms with Crippen molar-refractivity contribution in [2.45, 2.75) is 6.54 Å². The van der Waals surface area contributed by atoms with Gasteiger partial charge in [-0.2, -0.15) is 0 Å². The van der Waals surface area contributed by atoms with Gasteiger partial charge >= 0.3 is 0 Å². The molecule has 0 aliphatic rings. The van der Waals surface area contributed by atoms with Crippen LogP contribution in [0.5, 0.6) is 0 Å². The third kappa shape index (κ3) is 2.09. The summed E-state index contributed by atoms with van der Waals surface area (Å²) in [6.45, 7) is 0.407. The van der Waals surface area contributed by atoms with Crippen LogP contribution in [0.1, 0.15) is 0 Å². The van der Waals surface area contributed by atoms with Crippen molar-refractivity contribution in [1.29, 1.82) is 0 Å². The Kier molecular flexibility index (Phi) is 3.31. The zero-order chi connectivity index (χ0) is 8.97. The van der Waals surface area contributed by atoms with Crippen LogP contribution < -0.4 is 5.56 Å². The van der Waals surface area contributed by atoms with Gasteiger partial charge in [0, 0.05) is 24.5 Å². The van der Waals surface area contributed by atoms with Gasteiger partial charge in [0.1, 0.15) is 0 Å². The Morgan fingerprint density at radius 1 is 1.67 bits per heavy atom. The first kappa shape index (κ1) is 9.29. The molecule has 0 saturated carbocycles. The first-order chi connectivity index (χ1) is 5.75. The number of allylic oxidation sites excluding steroid dienone is 1. The third-order valence-corrected chi connectivity index (χ3v) is 1.70. The van der Waals surface area contributed by atoms with Crippen molar-refractivity contribution < 1.29 is 0 Å². The summed E-state index contributed by atoms with van der Waals surface area (Å²) in [6.07, 6.45) is 4.65. The van der Waals surface area contributed by atoms with Crippen LogP contribution in [0.4, 0.5) is 0 Å². The topological polar surface area (TPSA) is 34.9 Å². The lowest BCUT2D eigenvalue weighted by molar-refractivity contribution is 0.767. The van der Waals surface area contributed by atoms with Crippen molar-refractivity contribution in [2.24, 2.45) is 0 Å². The van der Waals surface area contributed by atoms with Crippen LogP contribution in [0, 0.1) is 0 Å². The lowest BCUT2D eigenvalue weighted by atomic mass is 10.5. The number of hydrogen-bond donors (Lipinski definition) is 0. The van der Waals surface area contributed by atoms with Gasteiger partial charge in [0.05, 0.1) is 0 Å². The molecule has 0 aliphatic carbocycles. The maximum atomic E-state index is 11.2. The molecule has 64 valence electrons. The Bertz CT molecular complexity index is 346. The summed E-state index contributed by atoms with van der Waals surface area (Å²) in [5.41, 5.74) is 1.04. The van der Waals surface area contributed by atoms with Crippen molar-refractivity contribution in [3.05, 3.63) is 39.5 Å². The molecule has 0 N–H and O–H groups in total. The van der Waals surface area contributed by atoms with Gasteiger partial charge in [-0.05, 0) is 0 Å². The van der Waals surface area contributed by atoms with Gasteiger partial charge < -0.3 is 4.57 Å².